The summed E-state index contributed by atoms with van der Waals surface area (Å²) in [5, 5.41) is 0. The Labute approximate surface area is 123 Å². The van der Waals surface area contributed by atoms with E-state index in [2.05, 4.69) is 4.99 Å². The first-order valence-corrected chi connectivity index (χ1v) is 7.19. The Hall–Kier alpha value is -2.00. The number of piperidine rings is 1. The van der Waals surface area contributed by atoms with Gasteiger partial charge in [-0.3, -0.25) is 4.79 Å². The van der Waals surface area contributed by atoms with Gasteiger partial charge in [0.15, 0.2) is 0 Å². The molecule has 1 atom stereocenters. The third-order valence-corrected chi connectivity index (χ3v) is 4.10. The highest BCUT2D eigenvalue weighted by molar-refractivity contribution is 5.78. The Morgan fingerprint density at radius 1 is 1.38 bits per heavy atom. The molecule has 0 aliphatic carbocycles. The van der Waals surface area contributed by atoms with Gasteiger partial charge in [0.05, 0.1) is 12.5 Å². The number of rotatable bonds is 4. The number of aliphatic imine (C=N–C) groups is 1. The van der Waals surface area contributed by atoms with E-state index in [0.717, 1.165) is 18.4 Å². The molecule has 0 N–H and O–H groups in total. The number of benzene rings is 1. The van der Waals surface area contributed by atoms with Crippen molar-refractivity contribution < 1.29 is 14.0 Å². The third kappa shape index (κ3) is 4.23. The van der Waals surface area contributed by atoms with Crippen LogP contribution in [0.3, 0.4) is 0 Å². The second-order valence-electron chi connectivity index (χ2n) is 5.48. The Balaban J connectivity index is 1.85. The molecule has 1 unspecified atom stereocenters. The fourth-order valence-corrected chi connectivity index (χ4v) is 2.71. The quantitative estimate of drug-likeness (QED) is 0.631. The average molecular weight is 290 g/mol. The van der Waals surface area contributed by atoms with E-state index in [4.69, 9.17) is 0 Å². The molecule has 0 spiro atoms. The van der Waals surface area contributed by atoms with E-state index in [-0.39, 0.29) is 17.8 Å². The summed E-state index contributed by atoms with van der Waals surface area (Å²) < 4.78 is 12.8. The molecule has 1 aliphatic heterocycles. The minimum Gasteiger partial charge on any atom is -0.342 e. The van der Waals surface area contributed by atoms with E-state index < -0.39 is 0 Å². The van der Waals surface area contributed by atoms with Crippen LogP contribution in [0.2, 0.25) is 0 Å². The molecule has 5 heteroatoms. The van der Waals surface area contributed by atoms with E-state index in [1.807, 2.05) is 11.8 Å². The summed E-state index contributed by atoms with van der Waals surface area (Å²) in [4.78, 5) is 28.1. The van der Waals surface area contributed by atoms with Gasteiger partial charge in [-0.15, -0.1) is 0 Å². The molecule has 1 fully saturated rings. The van der Waals surface area contributed by atoms with Crippen molar-refractivity contribution in [2.45, 2.75) is 32.2 Å². The number of halogens is 1. The molecule has 0 bridgehead atoms. The second-order valence-corrected chi connectivity index (χ2v) is 5.48. The summed E-state index contributed by atoms with van der Waals surface area (Å²) in [6.07, 6.45) is 3.60. The fraction of sp³-hybridized carbons (Fsp3) is 0.500. The first-order chi connectivity index (χ1) is 10.1. The Morgan fingerprint density at radius 2 is 2.00 bits per heavy atom. The van der Waals surface area contributed by atoms with Crippen LogP contribution >= 0.6 is 0 Å². The predicted octanol–water partition coefficient (Wildman–Crippen LogP) is 2.33. The lowest BCUT2D eigenvalue weighted by atomic mass is 9.90. The molecule has 4 nitrogen and oxygen atoms in total. The van der Waals surface area contributed by atoms with Crippen molar-refractivity contribution in [3.8, 4) is 0 Å². The van der Waals surface area contributed by atoms with Gasteiger partial charge in [-0.05, 0) is 43.4 Å². The van der Waals surface area contributed by atoms with Gasteiger partial charge in [0.25, 0.3) is 0 Å². The van der Waals surface area contributed by atoms with Crippen molar-refractivity contribution in [1.29, 1.82) is 0 Å². The van der Waals surface area contributed by atoms with Crippen LogP contribution in [0.15, 0.2) is 29.3 Å². The van der Waals surface area contributed by atoms with E-state index in [1.54, 1.807) is 18.2 Å². The number of hydrogen-bond acceptors (Lipinski definition) is 3. The third-order valence-electron chi connectivity index (χ3n) is 4.10. The molecule has 1 aromatic carbocycles. The molecule has 2 rings (SSSR count). The van der Waals surface area contributed by atoms with Crippen LogP contribution in [0.1, 0.15) is 25.3 Å². The van der Waals surface area contributed by atoms with Crippen LogP contribution in [0, 0.1) is 11.7 Å². The summed E-state index contributed by atoms with van der Waals surface area (Å²) in [6, 6.07) is 5.99. The summed E-state index contributed by atoms with van der Waals surface area (Å²) in [6.45, 7) is 3.28. The van der Waals surface area contributed by atoms with Crippen molar-refractivity contribution in [2.24, 2.45) is 10.9 Å². The van der Waals surface area contributed by atoms with Crippen LogP contribution in [-0.2, 0) is 16.0 Å². The molecular weight excluding hydrogens is 271 g/mol. The van der Waals surface area contributed by atoms with Crippen molar-refractivity contribution in [3.05, 3.63) is 35.6 Å². The Morgan fingerprint density at radius 3 is 2.57 bits per heavy atom. The van der Waals surface area contributed by atoms with Crippen LogP contribution in [0.5, 0.6) is 0 Å². The van der Waals surface area contributed by atoms with Crippen molar-refractivity contribution in [2.75, 3.05) is 13.1 Å². The van der Waals surface area contributed by atoms with Crippen molar-refractivity contribution in [3.63, 3.8) is 0 Å². The SMILES string of the molecule is CC(N=C=O)C1CCN(C(=O)Cc2ccc(F)cc2)CC1. The molecular formula is C16H19FN2O2. The molecule has 21 heavy (non-hydrogen) atoms. The standard InChI is InChI=1S/C16H19FN2O2/c1-12(18-11-20)14-6-8-19(9-7-14)16(21)10-13-2-4-15(17)5-3-13/h2-5,12,14H,6-10H2,1H3. The zero-order valence-corrected chi connectivity index (χ0v) is 12.1. The van der Waals surface area contributed by atoms with Gasteiger partial charge in [-0.1, -0.05) is 12.1 Å². The number of carbonyl (C=O) groups excluding carboxylic acids is 2. The van der Waals surface area contributed by atoms with Crippen LogP contribution in [-0.4, -0.2) is 36.0 Å². The maximum Gasteiger partial charge on any atom is 0.235 e. The van der Waals surface area contributed by atoms with Gasteiger partial charge in [0, 0.05) is 13.1 Å². The zero-order chi connectivity index (χ0) is 15.2. The van der Waals surface area contributed by atoms with Gasteiger partial charge >= 0.3 is 0 Å². The van der Waals surface area contributed by atoms with Crippen molar-refractivity contribution >= 4 is 12.0 Å². The van der Waals surface area contributed by atoms with E-state index in [1.165, 1.54) is 12.1 Å². The minimum absolute atomic E-state index is 0.0307. The number of hydrogen-bond donors (Lipinski definition) is 0. The molecule has 1 saturated heterocycles. The van der Waals surface area contributed by atoms with Crippen LogP contribution in [0.4, 0.5) is 4.39 Å². The number of carbonyl (C=O) groups is 1. The van der Waals surface area contributed by atoms with Gasteiger partial charge in [0.2, 0.25) is 12.0 Å². The lowest BCUT2D eigenvalue weighted by Crippen LogP contribution is -2.41. The minimum atomic E-state index is -0.295. The topological polar surface area (TPSA) is 49.7 Å². The number of amides is 1. The van der Waals surface area contributed by atoms with Gasteiger partial charge in [-0.2, -0.15) is 0 Å². The maximum absolute atomic E-state index is 12.8. The van der Waals surface area contributed by atoms with Crippen molar-refractivity contribution in [1.82, 2.24) is 4.90 Å². The highest BCUT2D eigenvalue weighted by atomic mass is 19.1. The lowest BCUT2D eigenvalue weighted by Gasteiger charge is -2.33. The molecule has 1 aliphatic rings. The first-order valence-electron chi connectivity index (χ1n) is 7.19. The monoisotopic (exact) mass is 290 g/mol. The molecule has 1 heterocycles. The van der Waals surface area contributed by atoms with Gasteiger partial charge in [-0.25, -0.2) is 14.2 Å². The fourth-order valence-electron chi connectivity index (χ4n) is 2.71. The summed E-state index contributed by atoms with van der Waals surface area (Å²) >= 11 is 0. The smallest absolute Gasteiger partial charge is 0.235 e. The Kier molecular flexibility index (Phi) is 5.23. The molecule has 0 saturated carbocycles. The summed E-state index contributed by atoms with van der Waals surface area (Å²) in [7, 11) is 0. The second kappa shape index (κ2) is 7.14. The summed E-state index contributed by atoms with van der Waals surface area (Å²) in [5.41, 5.74) is 0.822. The summed E-state index contributed by atoms with van der Waals surface area (Å²) in [5.74, 6) is 0.102. The highest BCUT2D eigenvalue weighted by Crippen LogP contribution is 2.22. The van der Waals surface area contributed by atoms with Crippen LogP contribution < -0.4 is 0 Å². The average Bonchev–Trinajstić information content (AvgIpc) is 2.50. The van der Waals surface area contributed by atoms with E-state index >= 15 is 0 Å². The molecule has 112 valence electrons. The Bertz CT molecular complexity index is 530. The largest absolute Gasteiger partial charge is 0.342 e. The normalized spacial score (nSPS) is 17.1. The number of likely N-dealkylation sites (tertiary alicyclic amines) is 1. The number of isocyanates is 1. The van der Waals surface area contributed by atoms with E-state index in [9.17, 15) is 14.0 Å². The molecule has 1 amide bonds. The maximum atomic E-state index is 12.8. The predicted molar refractivity (Wildman–Crippen MR) is 77.0 cm³/mol. The van der Waals surface area contributed by atoms with Gasteiger partial charge in [0.1, 0.15) is 5.82 Å². The number of nitrogens with zero attached hydrogens (tertiary/aromatic N) is 2. The molecule has 0 aromatic heterocycles. The first kappa shape index (κ1) is 15.4. The van der Waals surface area contributed by atoms with E-state index in [0.29, 0.717) is 25.4 Å². The highest BCUT2D eigenvalue weighted by Gasteiger charge is 2.26. The lowest BCUT2D eigenvalue weighted by molar-refractivity contribution is -0.131. The molecule has 0 radical (unpaired) electrons. The zero-order valence-electron chi connectivity index (χ0n) is 12.1. The van der Waals surface area contributed by atoms with Crippen LogP contribution in [0.25, 0.3) is 0 Å². The van der Waals surface area contributed by atoms with Gasteiger partial charge < -0.3 is 4.90 Å². The molecule has 1 aromatic rings.